The minimum Gasteiger partial charge on any atom is -0.325 e. The Morgan fingerprint density at radius 1 is 0.885 bits per heavy atom. The van der Waals surface area contributed by atoms with Gasteiger partial charge >= 0.3 is 17.8 Å². The van der Waals surface area contributed by atoms with Crippen molar-refractivity contribution in [3.63, 3.8) is 0 Å². The fourth-order valence-electron chi connectivity index (χ4n) is 2.47. The van der Waals surface area contributed by atoms with Gasteiger partial charge in [-0.15, -0.1) is 0 Å². The zero-order valence-corrected chi connectivity index (χ0v) is 13.5. The number of nitrogens with zero attached hydrogens (tertiary/aromatic N) is 2. The first-order chi connectivity index (χ1) is 12.5. The molecule has 0 radical (unpaired) electrons. The quantitative estimate of drug-likeness (QED) is 0.654. The lowest BCUT2D eigenvalue weighted by molar-refractivity contribution is -0.143. The largest absolute Gasteiger partial charge is 0.335 e. The maximum atomic E-state index is 12.9. The van der Waals surface area contributed by atoms with Crippen LogP contribution in [0.4, 0.5) is 14.9 Å². The second-order valence-electron chi connectivity index (χ2n) is 5.61. The summed E-state index contributed by atoms with van der Waals surface area (Å²) in [5.41, 5.74) is 0.988. The molecule has 8 heteroatoms. The Morgan fingerprint density at radius 3 is 2.15 bits per heavy atom. The van der Waals surface area contributed by atoms with Crippen LogP contribution in [0.25, 0.3) is 0 Å². The van der Waals surface area contributed by atoms with Gasteiger partial charge in [0.2, 0.25) is 5.91 Å². The third-order valence-electron chi connectivity index (χ3n) is 3.75. The molecule has 1 fully saturated rings. The van der Waals surface area contributed by atoms with Gasteiger partial charge < -0.3 is 5.32 Å². The van der Waals surface area contributed by atoms with Crippen LogP contribution in [0.1, 0.15) is 5.56 Å². The molecule has 0 atom stereocenters. The second-order valence-corrected chi connectivity index (χ2v) is 5.61. The molecule has 132 valence electrons. The third-order valence-corrected chi connectivity index (χ3v) is 3.75. The van der Waals surface area contributed by atoms with E-state index in [1.165, 1.54) is 12.1 Å². The first-order valence-corrected chi connectivity index (χ1v) is 7.72. The summed E-state index contributed by atoms with van der Waals surface area (Å²) in [6.07, 6.45) is 0. The van der Waals surface area contributed by atoms with Crippen molar-refractivity contribution in [1.29, 1.82) is 0 Å². The molecule has 1 N–H and O–H groups in total. The fourth-order valence-corrected chi connectivity index (χ4v) is 2.47. The third kappa shape index (κ3) is 3.59. The Balaban J connectivity index is 1.67. The van der Waals surface area contributed by atoms with E-state index in [1.54, 1.807) is 30.3 Å². The van der Waals surface area contributed by atoms with Crippen LogP contribution in [0.3, 0.4) is 0 Å². The number of hydrogen-bond donors (Lipinski definition) is 1. The molecule has 1 aliphatic rings. The van der Waals surface area contributed by atoms with Gasteiger partial charge in [0.25, 0.3) is 0 Å². The Morgan fingerprint density at radius 2 is 1.50 bits per heavy atom. The number of carbonyl (C=O) groups excluding carboxylic acids is 4. The summed E-state index contributed by atoms with van der Waals surface area (Å²) >= 11 is 0. The highest BCUT2D eigenvalue weighted by Gasteiger charge is 2.45. The van der Waals surface area contributed by atoms with Crippen molar-refractivity contribution in [1.82, 2.24) is 9.80 Å². The van der Waals surface area contributed by atoms with Crippen LogP contribution in [0.2, 0.25) is 0 Å². The summed E-state index contributed by atoms with van der Waals surface area (Å²) in [4.78, 5) is 49.8. The maximum Gasteiger partial charge on any atom is 0.335 e. The average molecular weight is 355 g/mol. The predicted octanol–water partition coefficient (Wildman–Crippen LogP) is 1.76. The maximum absolute atomic E-state index is 12.9. The molecular weight excluding hydrogens is 341 g/mol. The Labute approximate surface area is 148 Å². The van der Waals surface area contributed by atoms with E-state index in [1.807, 2.05) is 0 Å². The summed E-state index contributed by atoms with van der Waals surface area (Å²) < 4.78 is 12.9. The van der Waals surface area contributed by atoms with Gasteiger partial charge in [-0.3, -0.25) is 19.3 Å². The summed E-state index contributed by atoms with van der Waals surface area (Å²) in [6.45, 7) is -0.660. The summed E-state index contributed by atoms with van der Waals surface area (Å²) in [5, 5.41) is 2.43. The van der Waals surface area contributed by atoms with Crippen LogP contribution in [0.15, 0.2) is 54.6 Å². The van der Waals surface area contributed by atoms with E-state index in [0.717, 1.165) is 17.0 Å². The number of halogens is 1. The van der Waals surface area contributed by atoms with Crippen molar-refractivity contribution in [3.05, 3.63) is 66.0 Å². The van der Waals surface area contributed by atoms with Crippen molar-refractivity contribution in [2.45, 2.75) is 6.54 Å². The van der Waals surface area contributed by atoms with Crippen LogP contribution < -0.4 is 5.32 Å². The predicted molar refractivity (Wildman–Crippen MR) is 89.1 cm³/mol. The minimum atomic E-state index is -1.06. The smallest absolute Gasteiger partial charge is 0.325 e. The first-order valence-electron chi connectivity index (χ1n) is 7.72. The molecule has 0 aromatic heterocycles. The van der Waals surface area contributed by atoms with Crippen molar-refractivity contribution in [3.8, 4) is 0 Å². The van der Waals surface area contributed by atoms with Crippen molar-refractivity contribution in [2.75, 3.05) is 11.9 Å². The van der Waals surface area contributed by atoms with E-state index in [-0.39, 0.29) is 6.54 Å². The summed E-state index contributed by atoms with van der Waals surface area (Å²) in [6, 6.07) is 12.9. The number of amides is 5. The number of benzene rings is 2. The van der Waals surface area contributed by atoms with Crippen LogP contribution >= 0.6 is 0 Å². The van der Waals surface area contributed by atoms with Crippen LogP contribution in [-0.2, 0) is 20.9 Å². The van der Waals surface area contributed by atoms with Crippen molar-refractivity contribution < 1.29 is 23.6 Å². The summed E-state index contributed by atoms with van der Waals surface area (Å²) in [7, 11) is 0. The normalized spacial score (nSPS) is 14.1. The van der Waals surface area contributed by atoms with Gasteiger partial charge in [-0.2, -0.15) is 0 Å². The molecule has 3 rings (SSSR count). The molecule has 0 unspecified atom stereocenters. The van der Waals surface area contributed by atoms with Gasteiger partial charge in [-0.25, -0.2) is 14.1 Å². The summed E-state index contributed by atoms with van der Waals surface area (Å²) in [5.74, 6) is -3.17. The van der Waals surface area contributed by atoms with E-state index >= 15 is 0 Å². The Hall–Kier alpha value is -3.55. The number of nitrogens with one attached hydrogen (secondary N) is 1. The molecular formula is C18H14FN3O4. The number of urea groups is 1. The minimum absolute atomic E-state index is 0.0552. The zero-order chi connectivity index (χ0) is 18.7. The second kappa shape index (κ2) is 7.14. The highest BCUT2D eigenvalue weighted by Crippen LogP contribution is 2.16. The van der Waals surface area contributed by atoms with Gasteiger partial charge in [0.1, 0.15) is 12.4 Å². The molecule has 0 bridgehead atoms. The highest BCUT2D eigenvalue weighted by molar-refractivity contribution is 6.45. The lowest BCUT2D eigenvalue weighted by atomic mass is 10.2. The molecule has 7 nitrogen and oxygen atoms in total. The van der Waals surface area contributed by atoms with E-state index in [9.17, 15) is 23.6 Å². The van der Waals surface area contributed by atoms with Gasteiger partial charge in [0.15, 0.2) is 0 Å². The number of anilines is 1. The van der Waals surface area contributed by atoms with E-state index < -0.39 is 36.1 Å². The first kappa shape index (κ1) is 17.3. The molecule has 0 saturated carbocycles. The standard InChI is InChI=1S/C18H14FN3O4/c19-13-6-8-14(9-7-13)20-15(23)11-22-17(25)16(24)21(18(22)26)10-12-4-2-1-3-5-12/h1-9H,10-11H2,(H,20,23). The van der Waals surface area contributed by atoms with Gasteiger partial charge in [-0.05, 0) is 29.8 Å². The molecule has 2 aromatic rings. The van der Waals surface area contributed by atoms with E-state index in [4.69, 9.17) is 0 Å². The van der Waals surface area contributed by atoms with E-state index in [2.05, 4.69) is 5.32 Å². The van der Waals surface area contributed by atoms with Crippen molar-refractivity contribution in [2.24, 2.45) is 0 Å². The Kier molecular flexibility index (Phi) is 4.74. The van der Waals surface area contributed by atoms with Gasteiger partial charge in [0.05, 0.1) is 6.54 Å². The highest BCUT2D eigenvalue weighted by atomic mass is 19.1. The molecule has 5 amide bonds. The SMILES string of the molecule is O=C(CN1C(=O)C(=O)N(Cc2ccccc2)C1=O)Nc1ccc(F)cc1. The lowest BCUT2D eigenvalue weighted by Crippen LogP contribution is -2.38. The Bertz CT molecular complexity index is 868. The number of imide groups is 2. The van der Waals surface area contributed by atoms with Gasteiger partial charge in [0, 0.05) is 5.69 Å². The molecule has 1 aliphatic heterocycles. The number of rotatable bonds is 5. The molecule has 0 spiro atoms. The van der Waals surface area contributed by atoms with E-state index in [0.29, 0.717) is 16.2 Å². The fraction of sp³-hybridized carbons (Fsp3) is 0.111. The molecule has 26 heavy (non-hydrogen) atoms. The zero-order valence-electron chi connectivity index (χ0n) is 13.5. The molecule has 1 saturated heterocycles. The lowest BCUT2D eigenvalue weighted by Gasteiger charge is -2.15. The topological polar surface area (TPSA) is 86.8 Å². The van der Waals surface area contributed by atoms with Crippen molar-refractivity contribution >= 4 is 29.4 Å². The molecule has 0 aliphatic carbocycles. The number of hydrogen-bond acceptors (Lipinski definition) is 4. The molecule has 2 aromatic carbocycles. The van der Waals surface area contributed by atoms with Crippen LogP contribution in [0, 0.1) is 5.82 Å². The monoisotopic (exact) mass is 355 g/mol. The average Bonchev–Trinajstić information content (AvgIpc) is 2.83. The van der Waals surface area contributed by atoms with Gasteiger partial charge in [-0.1, -0.05) is 30.3 Å². The number of carbonyl (C=O) groups is 4. The van der Waals surface area contributed by atoms with Crippen LogP contribution in [0.5, 0.6) is 0 Å². The molecule has 1 heterocycles. The van der Waals surface area contributed by atoms with Crippen LogP contribution in [-0.4, -0.2) is 40.1 Å².